The van der Waals surface area contributed by atoms with Gasteiger partial charge in [0, 0.05) is 29.0 Å². The fraction of sp³-hybridized carbons (Fsp3) is 0.308. The van der Waals surface area contributed by atoms with Crippen LogP contribution in [-0.2, 0) is 25.7 Å². The molecule has 33 heavy (non-hydrogen) atoms. The topological polar surface area (TPSA) is 87.9 Å². The molecule has 172 valence electrons. The number of esters is 1. The van der Waals surface area contributed by atoms with E-state index >= 15 is 0 Å². The lowest BCUT2D eigenvalue weighted by Gasteiger charge is -2.38. The van der Waals surface area contributed by atoms with Crippen LogP contribution in [0.4, 0.5) is 0 Å². The molecule has 0 radical (unpaired) electrons. The molecule has 0 saturated heterocycles. The average molecular weight is 468 g/mol. The summed E-state index contributed by atoms with van der Waals surface area (Å²) in [4.78, 5) is 26.1. The summed E-state index contributed by atoms with van der Waals surface area (Å²) in [5.41, 5.74) is 8.06. The number of allylic oxidation sites excluding steroid dienone is 2. The molecular weight excluding hydrogens is 442 g/mol. The van der Waals surface area contributed by atoms with Crippen LogP contribution < -0.4 is 10.5 Å². The van der Waals surface area contributed by atoms with Crippen LogP contribution in [0.15, 0.2) is 71.3 Å². The van der Waals surface area contributed by atoms with Crippen molar-refractivity contribution in [3.05, 3.63) is 87.5 Å². The van der Waals surface area contributed by atoms with Crippen LogP contribution in [0.5, 0.6) is 5.75 Å². The van der Waals surface area contributed by atoms with E-state index in [0.717, 1.165) is 5.56 Å². The number of ketones is 1. The van der Waals surface area contributed by atoms with Crippen molar-refractivity contribution < 1.29 is 23.8 Å². The second kappa shape index (κ2) is 8.94. The van der Waals surface area contributed by atoms with Gasteiger partial charge in [-0.3, -0.25) is 4.79 Å². The number of hydrogen-bond donors (Lipinski definition) is 1. The second-order valence-corrected chi connectivity index (χ2v) is 9.47. The molecule has 0 bridgehead atoms. The number of Topliss-reactive ketones (excluding diaryl/α,β-unsaturated/α-hetero) is 1. The van der Waals surface area contributed by atoms with Crippen molar-refractivity contribution in [2.75, 3.05) is 7.11 Å². The first-order valence-corrected chi connectivity index (χ1v) is 11.1. The molecule has 2 aromatic carbocycles. The second-order valence-electron chi connectivity index (χ2n) is 9.04. The molecule has 0 fully saturated rings. The minimum absolute atomic E-state index is 0.0522. The first-order valence-electron chi connectivity index (χ1n) is 10.7. The van der Waals surface area contributed by atoms with Crippen LogP contribution in [0.1, 0.15) is 43.7 Å². The van der Waals surface area contributed by atoms with Gasteiger partial charge in [0.1, 0.15) is 23.7 Å². The van der Waals surface area contributed by atoms with Crippen molar-refractivity contribution in [2.45, 2.75) is 39.2 Å². The minimum Gasteiger partial charge on any atom is -0.489 e. The number of carbonyl (C=O) groups excluding carboxylic acids is 2. The lowest BCUT2D eigenvalue weighted by Crippen LogP contribution is -2.35. The van der Waals surface area contributed by atoms with Crippen LogP contribution in [0.3, 0.4) is 0 Å². The third-order valence-corrected chi connectivity index (χ3v) is 6.15. The molecule has 6 nitrogen and oxygen atoms in total. The summed E-state index contributed by atoms with van der Waals surface area (Å²) in [6, 6.07) is 14.7. The Morgan fingerprint density at radius 1 is 1.15 bits per heavy atom. The van der Waals surface area contributed by atoms with E-state index in [4.69, 9.17) is 31.5 Å². The number of carbonyl (C=O) groups is 2. The zero-order valence-electron chi connectivity index (χ0n) is 18.8. The van der Waals surface area contributed by atoms with E-state index in [1.165, 1.54) is 7.11 Å². The number of benzene rings is 2. The van der Waals surface area contributed by atoms with Crippen LogP contribution in [0.25, 0.3) is 0 Å². The Balaban J connectivity index is 1.79. The van der Waals surface area contributed by atoms with Gasteiger partial charge >= 0.3 is 5.97 Å². The van der Waals surface area contributed by atoms with Crippen molar-refractivity contribution in [2.24, 2.45) is 11.1 Å². The lowest BCUT2D eigenvalue weighted by molar-refractivity contribution is -0.136. The highest BCUT2D eigenvalue weighted by Gasteiger charge is 2.45. The summed E-state index contributed by atoms with van der Waals surface area (Å²) < 4.78 is 17.0. The molecule has 2 N–H and O–H groups in total. The van der Waals surface area contributed by atoms with Crippen molar-refractivity contribution in [3.63, 3.8) is 0 Å². The molecule has 1 aliphatic heterocycles. The zero-order chi connectivity index (χ0) is 23.8. The SMILES string of the molecule is COC(=O)C1=C(N)OC2=C(C(=O)CC(C)(C)C2)[C@@H]1c1ccccc1OCc1ccc(Cl)cc1. The molecule has 1 heterocycles. The maximum Gasteiger partial charge on any atom is 0.340 e. The number of nitrogens with two attached hydrogens (primary N) is 1. The Morgan fingerprint density at radius 2 is 1.85 bits per heavy atom. The predicted octanol–water partition coefficient (Wildman–Crippen LogP) is 5.02. The van der Waals surface area contributed by atoms with Crippen LogP contribution in [0, 0.1) is 5.41 Å². The van der Waals surface area contributed by atoms with E-state index in [9.17, 15) is 9.59 Å². The van der Waals surface area contributed by atoms with E-state index in [2.05, 4.69) is 0 Å². The first-order chi connectivity index (χ1) is 15.7. The molecule has 0 amide bonds. The molecule has 4 rings (SSSR count). The average Bonchev–Trinajstić information content (AvgIpc) is 2.76. The molecule has 2 aromatic rings. The third kappa shape index (κ3) is 4.62. The number of hydrogen-bond acceptors (Lipinski definition) is 6. The molecule has 1 aliphatic carbocycles. The van der Waals surface area contributed by atoms with Crippen LogP contribution in [0.2, 0.25) is 5.02 Å². The minimum atomic E-state index is -0.744. The van der Waals surface area contributed by atoms with Gasteiger partial charge in [0.2, 0.25) is 5.88 Å². The Morgan fingerprint density at radius 3 is 2.55 bits per heavy atom. The summed E-state index contributed by atoms with van der Waals surface area (Å²) in [6.07, 6.45) is 0.876. The van der Waals surface area contributed by atoms with E-state index in [0.29, 0.717) is 40.5 Å². The number of para-hydroxylation sites is 1. The Bertz CT molecular complexity index is 1160. The lowest BCUT2D eigenvalue weighted by atomic mass is 9.70. The largest absolute Gasteiger partial charge is 0.489 e. The maximum absolute atomic E-state index is 13.3. The van der Waals surface area contributed by atoms with Gasteiger partial charge in [-0.1, -0.05) is 55.8 Å². The molecule has 1 atom stereocenters. The van der Waals surface area contributed by atoms with E-state index in [1.807, 2.05) is 50.2 Å². The smallest absolute Gasteiger partial charge is 0.340 e. The summed E-state index contributed by atoms with van der Waals surface area (Å²) in [5.74, 6) is -0.478. The first kappa shape index (κ1) is 22.9. The molecule has 0 aromatic heterocycles. The Hall–Kier alpha value is -3.25. The van der Waals surface area contributed by atoms with Crippen molar-refractivity contribution in [3.8, 4) is 5.75 Å². The normalized spacial score (nSPS) is 19.6. The molecule has 0 unspecified atom stereocenters. The summed E-state index contributed by atoms with van der Waals surface area (Å²) in [5, 5.41) is 0.642. The number of methoxy groups -OCH3 is 1. The predicted molar refractivity (Wildman–Crippen MR) is 124 cm³/mol. The van der Waals surface area contributed by atoms with E-state index in [1.54, 1.807) is 12.1 Å². The molecule has 0 saturated carbocycles. The van der Waals surface area contributed by atoms with E-state index in [-0.39, 0.29) is 29.3 Å². The third-order valence-electron chi connectivity index (χ3n) is 5.90. The Kier molecular flexibility index (Phi) is 6.21. The number of halogens is 1. The van der Waals surface area contributed by atoms with E-state index < -0.39 is 11.9 Å². The molecule has 2 aliphatic rings. The van der Waals surface area contributed by atoms with Gasteiger partial charge in [-0.05, 0) is 29.2 Å². The highest BCUT2D eigenvalue weighted by Crippen LogP contribution is 2.49. The van der Waals surface area contributed by atoms with Gasteiger partial charge in [0.15, 0.2) is 5.78 Å². The summed E-state index contributed by atoms with van der Waals surface area (Å²) in [6.45, 7) is 4.30. The highest BCUT2D eigenvalue weighted by atomic mass is 35.5. The Labute approximate surface area is 198 Å². The van der Waals surface area contributed by atoms with Gasteiger partial charge in [-0.15, -0.1) is 0 Å². The van der Waals surface area contributed by atoms with Crippen molar-refractivity contribution >= 4 is 23.4 Å². The molecule has 0 spiro atoms. The quantitative estimate of drug-likeness (QED) is 0.621. The standard InChI is InChI=1S/C26H26ClNO5/c1-26(2)12-18(29)22-20(13-26)33-24(28)23(25(30)31-3)21(22)17-6-4-5-7-19(17)32-14-15-8-10-16(27)11-9-15/h4-11,21H,12-14,28H2,1-3H3/t21-/m0/s1. The van der Waals surface area contributed by atoms with Gasteiger partial charge in [-0.2, -0.15) is 0 Å². The van der Waals surface area contributed by atoms with Gasteiger partial charge in [0.25, 0.3) is 0 Å². The zero-order valence-corrected chi connectivity index (χ0v) is 19.6. The van der Waals surface area contributed by atoms with Gasteiger partial charge < -0.3 is 19.9 Å². The van der Waals surface area contributed by atoms with Gasteiger partial charge in [0.05, 0.1) is 13.0 Å². The monoisotopic (exact) mass is 467 g/mol. The fourth-order valence-corrected chi connectivity index (χ4v) is 4.52. The van der Waals surface area contributed by atoms with Crippen LogP contribution >= 0.6 is 11.6 Å². The highest BCUT2D eigenvalue weighted by molar-refractivity contribution is 6.30. The number of ether oxygens (including phenoxy) is 3. The summed E-state index contributed by atoms with van der Waals surface area (Å²) in [7, 11) is 1.28. The molecular formula is C26H26ClNO5. The summed E-state index contributed by atoms with van der Waals surface area (Å²) >= 11 is 5.98. The number of rotatable bonds is 5. The molecule has 7 heteroatoms. The van der Waals surface area contributed by atoms with Gasteiger partial charge in [-0.25, -0.2) is 4.79 Å². The van der Waals surface area contributed by atoms with Crippen molar-refractivity contribution in [1.82, 2.24) is 0 Å². The fourth-order valence-electron chi connectivity index (χ4n) is 4.40. The van der Waals surface area contributed by atoms with Crippen molar-refractivity contribution in [1.29, 1.82) is 0 Å². The maximum atomic E-state index is 13.3. The van der Waals surface area contributed by atoms with Crippen LogP contribution in [-0.4, -0.2) is 18.9 Å².